The van der Waals surface area contributed by atoms with Gasteiger partial charge in [0, 0.05) is 11.3 Å². The summed E-state index contributed by atoms with van der Waals surface area (Å²) in [5.74, 6) is -1.92. The molecule has 2 rings (SSSR count). The minimum absolute atomic E-state index is 0.164. The fourth-order valence-corrected chi connectivity index (χ4v) is 2.16. The molecule has 4 nitrogen and oxygen atoms in total. The lowest BCUT2D eigenvalue weighted by Gasteiger charge is -2.20. The Morgan fingerprint density at radius 2 is 2.00 bits per heavy atom. The monoisotopic (exact) mass is 289 g/mol. The molecule has 0 aliphatic heterocycles. The number of nitrogens with one attached hydrogen (secondary N) is 1. The van der Waals surface area contributed by atoms with Crippen LogP contribution in [0.1, 0.15) is 35.3 Å². The molecule has 0 aliphatic rings. The van der Waals surface area contributed by atoms with Crippen molar-refractivity contribution in [2.45, 2.75) is 19.4 Å². The Morgan fingerprint density at radius 3 is 2.62 bits per heavy atom. The van der Waals surface area contributed by atoms with Crippen LogP contribution in [0.3, 0.4) is 0 Å². The van der Waals surface area contributed by atoms with Crippen molar-refractivity contribution in [1.82, 2.24) is 0 Å². The van der Waals surface area contributed by atoms with Crippen molar-refractivity contribution >= 4 is 11.7 Å². The number of carboxylic acids is 1. The molecule has 0 saturated carbocycles. The molecular weight excluding hydrogens is 273 g/mol. The zero-order chi connectivity index (χ0) is 15.4. The molecular formula is C16H16FNO3. The molecule has 0 saturated heterocycles. The van der Waals surface area contributed by atoms with Crippen molar-refractivity contribution in [3.8, 4) is 5.75 Å². The zero-order valence-corrected chi connectivity index (χ0v) is 11.5. The van der Waals surface area contributed by atoms with Crippen molar-refractivity contribution in [2.75, 3.05) is 5.32 Å². The predicted octanol–water partition coefficient (Wildman–Crippen LogP) is 3.79. The first kappa shape index (κ1) is 14.8. The third kappa shape index (κ3) is 3.31. The molecule has 1 unspecified atom stereocenters. The van der Waals surface area contributed by atoms with Crippen LogP contribution in [0.5, 0.6) is 5.75 Å². The Labute approximate surface area is 121 Å². The van der Waals surface area contributed by atoms with E-state index in [1.54, 1.807) is 18.2 Å². The van der Waals surface area contributed by atoms with Gasteiger partial charge in [0.2, 0.25) is 0 Å². The smallest absolute Gasteiger partial charge is 0.338 e. The highest BCUT2D eigenvalue weighted by atomic mass is 19.1. The fourth-order valence-electron chi connectivity index (χ4n) is 2.16. The average molecular weight is 289 g/mol. The van der Waals surface area contributed by atoms with Gasteiger partial charge in [0.05, 0.1) is 11.6 Å². The van der Waals surface area contributed by atoms with E-state index in [9.17, 15) is 14.3 Å². The van der Waals surface area contributed by atoms with E-state index < -0.39 is 11.8 Å². The summed E-state index contributed by atoms with van der Waals surface area (Å²) in [6, 6.07) is 10.6. The summed E-state index contributed by atoms with van der Waals surface area (Å²) in [6.07, 6.45) is 0.678. The van der Waals surface area contributed by atoms with Gasteiger partial charge in [-0.2, -0.15) is 0 Å². The fraction of sp³-hybridized carbons (Fsp3) is 0.188. The molecule has 3 N–H and O–H groups in total. The van der Waals surface area contributed by atoms with Crippen LogP contribution in [-0.2, 0) is 0 Å². The molecule has 110 valence electrons. The van der Waals surface area contributed by atoms with Crippen molar-refractivity contribution in [1.29, 1.82) is 0 Å². The molecule has 0 spiro atoms. The first-order valence-electron chi connectivity index (χ1n) is 6.60. The number of halogens is 1. The maximum Gasteiger partial charge on any atom is 0.338 e. The number of aromatic hydroxyl groups is 1. The van der Waals surface area contributed by atoms with E-state index in [4.69, 9.17) is 5.11 Å². The van der Waals surface area contributed by atoms with Gasteiger partial charge in [-0.1, -0.05) is 25.1 Å². The Kier molecular flexibility index (Phi) is 4.42. The van der Waals surface area contributed by atoms with Crippen LogP contribution in [0, 0.1) is 5.82 Å². The largest absolute Gasteiger partial charge is 0.508 e. The molecule has 0 heterocycles. The number of benzene rings is 2. The lowest BCUT2D eigenvalue weighted by molar-refractivity contribution is 0.0692. The molecule has 0 amide bonds. The van der Waals surface area contributed by atoms with Crippen LogP contribution in [-0.4, -0.2) is 16.2 Å². The van der Waals surface area contributed by atoms with E-state index >= 15 is 0 Å². The second-order valence-corrected chi connectivity index (χ2v) is 4.66. The first-order chi connectivity index (χ1) is 10.0. The van der Waals surface area contributed by atoms with Crippen molar-refractivity contribution in [3.63, 3.8) is 0 Å². The summed E-state index contributed by atoms with van der Waals surface area (Å²) in [4.78, 5) is 10.9. The molecule has 2 aromatic carbocycles. The SMILES string of the molecule is CCC(Nc1ccc(F)c(C(=O)O)c1)c1ccccc1O. The lowest BCUT2D eigenvalue weighted by atomic mass is 10.0. The van der Waals surface area contributed by atoms with Crippen LogP contribution in [0.2, 0.25) is 0 Å². The van der Waals surface area contributed by atoms with Gasteiger partial charge in [-0.05, 0) is 30.7 Å². The number of carboxylic acid groups (broad SMARTS) is 1. The molecule has 0 aromatic heterocycles. The molecule has 0 fully saturated rings. The number of phenolic OH excluding ortho intramolecular Hbond substituents is 1. The van der Waals surface area contributed by atoms with Crippen LogP contribution in [0.4, 0.5) is 10.1 Å². The molecule has 5 heteroatoms. The van der Waals surface area contributed by atoms with Gasteiger partial charge < -0.3 is 15.5 Å². The highest BCUT2D eigenvalue weighted by Gasteiger charge is 2.15. The summed E-state index contributed by atoms with van der Waals surface area (Å²) >= 11 is 0. The number of para-hydroxylation sites is 1. The lowest BCUT2D eigenvalue weighted by Crippen LogP contribution is -2.11. The van der Waals surface area contributed by atoms with Gasteiger partial charge in [0.15, 0.2) is 0 Å². The van der Waals surface area contributed by atoms with Crippen LogP contribution in [0.25, 0.3) is 0 Å². The summed E-state index contributed by atoms with van der Waals surface area (Å²) in [6.45, 7) is 1.94. The minimum Gasteiger partial charge on any atom is -0.508 e. The highest BCUT2D eigenvalue weighted by Crippen LogP contribution is 2.29. The number of hydrogen-bond acceptors (Lipinski definition) is 3. The molecule has 0 radical (unpaired) electrons. The zero-order valence-electron chi connectivity index (χ0n) is 11.5. The second-order valence-electron chi connectivity index (χ2n) is 4.66. The molecule has 0 aliphatic carbocycles. The number of rotatable bonds is 5. The number of carbonyl (C=O) groups is 1. The summed E-state index contributed by atoms with van der Waals surface area (Å²) in [7, 11) is 0. The van der Waals surface area contributed by atoms with E-state index in [1.807, 2.05) is 13.0 Å². The number of phenols is 1. The normalized spacial score (nSPS) is 11.9. The van der Waals surface area contributed by atoms with E-state index in [-0.39, 0.29) is 17.4 Å². The van der Waals surface area contributed by atoms with Crippen molar-refractivity contribution in [2.24, 2.45) is 0 Å². The highest BCUT2D eigenvalue weighted by molar-refractivity contribution is 5.89. The summed E-state index contributed by atoms with van der Waals surface area (Å²) < 4.78 is 13.4. The van der Waals surface area contributed by atoms with Crippen molar-refractivity contribution < 1.29 is 19.4 Å². The number of anilines is 1. The van der Waals surface area contributed by atoms with E-state index in [2.05, 4.69) is 5.32 Å². The molecule has 21 heavy (non-hydrogen) atoms. The third-order valence-corrected chi connectivity index (χ3v) is 3.26. The van der Waals surface area contributed by atoms with Gasteiger partial charge >= 0.3 is 5.97 Å². The summed E-state index contributed by atoms with van der Waals surface area (Å²) in [5, 5.41) is 21.9. The maximum atomic E-state index is 13.4. The maximum absolute atomic E-state index is 13.4. The number of hydrogen-bond donors (Lipinski definition) is 3. The Morgan fingerprint density at radius 1 is 1.29 bits per heavy atom. The standard InChI is InChI=1S/C16H16FNO3/c1-2-14(11-5-3-4-6-15(11)19)18-10-7-8-13(17)12(9-10)16(20)21/h3-9,14,18-19H,2H2,1H3,(H,20,21). The first-order valence-corrected chi connectivity index (χ1v) is 6.60. The number of aromatic carboxylic acids is 1. The Bertz CT molecular complexity index is 658. The average Bonchev–Trinajstić information content (AvgIpc) is 2.47. The summed E-state index contributed by atoms with van der Waals surface area (Å²) in [5.41, 5.74) is 0.817. The van der Waals surface area contributed by atoms with Gasteiger partial charge in [0.1, 0.15) is 11.6 Å². The van der Waals surface area contributed by atoms with Gasteiger partial charge in [-0.3, -0.25) is 0 Å². The van der Waals surface area contributed by atoms with Gasteiger partial charge in [-0.15, -0.1) is 0 Å². The molecule has 0 bridgehead atoms. The van der Waals surface area contributed by atoms with E-state index in [0.717, 1.165) is 6.07 Å². The predicted molar refractivity (Wildman–Crippen MR) is 78.1 cm³/mol. The molecule has 2 aromatic rings. The van der Waals surface area contributed by atoms with E-state index in [0.29, 0.717) is 17.7 Å². The van der Waals surface area contributed by atoms with Crippen LogP contribution >= 0.6 is 0 Å². The Balaban J connectivity index is 2.29. The Hall–Kier alpha value is -2.56. The second kappa shape index (κ2) is 6.26. The topological polar surface area (TPSA) is 69.6 Å². The van der Waals surface area contributed by atoms with Gasteiger partial charge in [-0.25, -0.2) is 9.18 Å². The van der Waals surface area contributed by atoms with Gasteiger partial charge in [0.25, 0.3) is 0 Å². The van der Waals surface area contributed by atoms with Crippen molar-refractivity contribution in [3.05, 3.63) is 59.4 Å². The molecule has 1 atom stereocenters. The third-order valence-electron chi connectivity index (χ3n) is 3.26. The van der Waals surface area contributed by atoms with Crippen LogP contribution < -0.4 is 5.32 Å². The quantitative estimate of drug-likeness (QED) is 0.783. The van der Waals surface area contributed by atoms with Crippen LogP contribution in [0.15, 0.2) is 42.5 Å². The minimum atomic E-state index is -1.31. The van der Waals surface area contributed by atoms with E-state index in [1.165, 1.54) is 12.1 Å².